The predicted octanol–water partition coefficient (Wildman–Crippen LogP) is 3.83. The molecule has 8 heteroatoms. The van der Waals surface area contributed by atoms with Crippen LogP contribution in [0.3, 0.4) is 0 Å². The zero-order chi connectivity index (χ0) is 22.2. The fourth-order valence-electron chi connectivity index (χ4n) is 4.47. The van der Waals surface area contributed by atoms with Crippen molar-refractivity contribution in [1.82, 2.24) is 15.2 Å². The van der Waals surface area contributed by atoms with Crippen molar-refractivity contribution in [1.29, 1.82) is 0 Å². The second-order valence-electron chi connectivity index (χ2n) is 9.08. The number of amides is 2. The van der Waals surface area contributed by atoms with Gasteiger partial charge in [0.2, 0.25) is 0 Å². The van der Waals surface area contributed by atoms with Crippen molar-refractivity contribution in [3.63, 3.8) is 0 Å². The number of nitrogens with one attached hydrogen (secondary N) is 1. The number of carboxylic acid groups (broad SMARTS) is 1. The average Bonchev–Trinajstić information content (AvgIpc) is 3.15. The van der Waals surface area contributed by atoms with Gasteiger partial charge in [-0.25, -0.2) is 9.79 Å². The molecule has 3 heterocycles. The summed E-state index contributed by atoms with van der Waals surface area (Å²) in [6.45, 7) is 7.05. The Morgan fingerprint density at radius 1 is 1.19 bits per heavy atom. The molecule has 1 aromatic carbocycles. The minimum atomic E-state index is -0.958. The molecular weight excluding hydrogens is 412 g/mol. The number of thioether (sulfide) groups is 1. The molecule has 0 bridgehead atoms. The topological polar surface area (TPSA) is 94.9 Å². The van der Waals surface area contributed by atoms with Crippen molar-refractivity contribution >= 4 is 28.9 Å². The molecule has 2 aromatic rings. The van der Waals surface area contributed by atoms with E-state index in [2.05, 4.69) is 31.1 Å². The van der Waals surface area contributed by atoms with Crippen molar-refractivity contribution in [2.24, 2.45) is 16.3 Å². The first-order valence-corrected chi connectivity index (χ1v) is 11.1. The highest BCUT2D eigenvalue weighted by molar-refractivity contribution is 8.14. The molecule has 1 saturated heterocycles. The van der Waals surface area contributed by atoms with Gasteiger partial charge in [-0.1, -0.05) is 56.8 Å². The van der Waals surface area contributed by atoms with E-state index >= 15 is 0 Å². The fraction of sp³-hybridized carbons (Fsp3) is 0.391. The van der Waals surface area contributed by atoms with E-state index < -0.39 is 11.6 Å². The Balaban J connectivity index is 1.80. The Hall–Kier alpha value is -2.87. The zero-order valence-electron chi connectivity index (χ0n) is 17.8. The molecule has 1 aromatic heterocycles. The van der Waals surface area contributed by atoms with Crippen LogP contribution in [0.2, 0.25) is 0 Å². The fourth-order valence-corrected chi connectivity index (χ4v) is 5.90. The van der Waals surface area contributed by atoms with Gasteiger partial charge < -0.3 is 15.3 Å². The molecule has 2 amide bonds. The van der Waals surface area contributed by atoms with Gasteiger partial charge in [0, 0.05) is 41.2 Å². The molecule has 0 aliphatic carbocycles. The molecule has 1 unspecified atom stereocenters. The summed E-state index contributed by atoms with van der Waals surface area (Å²) in [5.74, 6) is -0.275. The molecule has 31 heavy (non-hydrogen) atoms. The minimum absolute atomic E-state index is 0.0422. The molecular formula is C23H26N4O3S. The molecule has 0 spiro atoms. The van der Waals surface area contributed by atoms with Crippen LogP contribution in [0.15, 0.2) is 59.9 Å². The highest BCUT2D eigenvalue weighted by Crippen LogP contribution is 2.53. The first-order valence-electron chi connectivity index (χ1n) is 10.2. The van der Waals surface area contributed by atoms with Gasteiger partial charge in [0.25, 0.3) is 5.91 Å². The molecule has 2 N–H and O–H groups in total. The number of fused-ring (bicyclic) bond motifs is 1. The number of rotatable bonds is 2. The lowest BCUT2D eigenvalue weighted by Gasteiger charge is -2.45. The number of aromatic nitrogens is 1. The summed E-state index contributed by atoms with van der Waals surface area (Å²) in [7, 11) is 0. The first-order chi connectivity index (χ1) is 14.7. The number of aliphatic imine (C=N–C) groups is 1. The van der Waals surface area contributed by atoms with E-state index in [-0.39, 0.29) is 29.0 Å². The highest BCUT2D eigenvalue weighted by Gasteiger charge is 2.57. The summed E-state index contributed by atoms with van der Waals surface area (Å²) in [5, 5.41) is 13.3. The van der Waals surface area contributed by atoms with E-state index in [0.29, 0.717) is 17.3 Å². The van der Waals surface area contributed by atoms with Crippen LogP contribution < -0.4 is 5.32 Å². The number of carbonyl (C=O) groups excluding carboxylic acids is 1. The summed E-state index contributed by atoms with van der Waals surface area (Å²) in [5.41, 5.74) is 0.476. The molecule has 1 fully saturated rings. The third-order valence-corrected chi connectivity index (χ3v) is 7.62. The van der Waals surface area contributed by atoms with Gasteiger partial charge in [0.15, 0.2) is 5.17 Å². The largest absolute Gasteiger partial charge is 0.465 e. The van der Waals surface area contributed by atoms with Gasteiger partial charge in [0.05, 0.1) is 6.54 Å². The van der Waals surface area contributed by atoms with Crippen LogP contribution in [0.25, 0.3) is 0 Å². The molecule has 7 nitrogen and oxygen atoms in total. The summed E-state index contributed by atoms with van der Waals surface area (Å²) in [4.78, 5) is 35.5. The van der Waals surface area contributed by atoms with E-state index in [9.17, 15) is 14.7 Å². The van der Waals surface area contributed by atoms with Crippen LogP contribution in [-0.4, -0.2) is 50.5 Å². The van der Waals surface area contributed by atoms with E-state index in [1.807, 2.05) is 30.3 Å². The maximum absolute atomic E-state index is 12.9. The van der Waals surface area contributed by atoms with Crippen LogP contribution in [0.4, 0.5) is 4.79 Å². The van der Waals surface area contributed by atoms with E-state index in [1.54, 1.807) is 24.5 Å². The Bertz CT molecular complexity index is 1010. The van der Waals surface area contributed by atoms with Crippen molar-refractivity contribution in [3.05, 3.63) is 66.0 Å². The predicted molar refractivity (Wildman–Crippen MR) is 121 cm³/mol. The Morgan fingerprint density at radius 3 is 2.55 bits per heavy atom. The molecule has 2 aliphatic rings. The van der Waals surface area contributed by atoms with Gasteiger partial charge in [-0.2, -0.15) is 0 Å². The number of hydrogen-bond donors (Lipinski definition) is 2. The van der Waals surface area contributed by atoms with Crippen LogP contribution in [-0.2, 0) is 5.54 Å². The van der Waals surface area contributed by atoms with Crippen LogP contribution in [0.5, 0.6) is 0 Å². The lowest BCUT2D eigenvalue weighted by Crippen LogP contribution is -2.50. The number of nitrogens with zero attached hydrogens (tertiary/aromatic N) is 3. The van der Waals surface area contributed by atoms with Gasteiger partial charge in [0.1, 0.15) is 5.54 Å². The standard InChI is InChI=1S/C23H26N4O3S/c1-22(2,3)18-17-13-27(21(29)30)14-23(17,16-10-7-11-24-12-16)26-20(31-18)25-19(28)15-8-5-4-6-9-15/h4-12,17-18H,13-14H2,1-3H3,(H,29,30)(H,25,26,28)/t17-,18?,23+/m0/s1. The van der Waals surface area contributed by atoms with Crippen molar-refractivity contribution in [3.8, 4) is 0 Å². The summed E-state index contributed by atoms with van der Waals surface area (Å²) < 4.78 is 0. The number of likely N-dealkylation sites (tertiary alicyclic amines) is 1. The second-order valence-corrected chi connectivity index (χ2v) is 10.2. The minimum Gasteiger partial charge on any atom is -0.465 e. The molecule has 0 saturated carbocycles. The second kappa shape index (κ2) is 8.00. The maximum Gasteiger partial charge on any atom is 0.407 e. The summed E-state index contributed by atoms with van der Waals surface area (Å²) in [6.07, 6.45) is 2.49. The van der Waals surface area contributed by atoms with Gasteiger partial charge in [-0.15, -0.1) is 0 Å². The molecule has 162 valence electrons. The van der Waals surface area contributed by atoms with Crippen LogP contribution >= 0.6 is 11.8 Å². The lowest BCUT2D eigenvalue weighted by molar-refractivity contribution is 0.0977. The van der Waals surface area contributed by atoms with Crippen molar-refractivity contribution in [2.45, 2.75) is 31.6 Å². The molecule has 3 atom stereocenters. The number of benzene rings is 1. The third-order valence-electron chi connectivity index (χ3n) is 5.91. The number of hydrogen-bond acceptors (Lipinski definition) is 5. The van der Waals surface area contributed by atoms with E-state index in [4.69, 9.17) is 4.99 Å². The molecule has 0 radical (unpaired) electrons. The van der Waals surface area contributed by atoms with Gasteiger partial charge in [-0.3, -0.25) is 9.78 Å². The molecule has 2 aliphatic heterocycles. The number of amidine groups is 1. The zero-order valence-corrected chi connectivity index (χ0v) is 18.6. The lowest BCUT2D eigenvalue weighted by atomic mass is 9.73. The molecule has 4 rings (SSSR count). The normalized spacial score (nSPS) is 25.5. The SMILES string of the molecule is CC(C)(C)C1SC(NC(=O)c2ccccc2)=N[C@@]2(c3cccnc3)CN(C(=O)O)C[C@@H]12. The first kappa shape index (κ1) is 21.4. The van der Waals surface area contributed by atoms with E-state index in [1.165, 1.54) is 16.7 Å². The quantitative estimate of drug-likeness (QED) is 0.743. The summed E-state index contributed by atoms with van der Waals surface area (Å²) >= 11 is 1.52. The number of carbonyl (C=O) groups is 2. The average molecular weight is 439 g/mol. The van der Waals surface area contributed by atoms with Crippen LogP contribution in [0.1, 0.15) is 36.7 Å². The van der Waals surface area contributed by atoms with Crippen LogP contribution in [0, 0.1) is 11.3 Å². The third kappa shape index (κ3) is 4.04. The monoisotopic (exact) mass is 438 g/mol. The Morgan fingerprint density at radius 2 is 1.94 bits per heavy atom. The van der Waals surface area contributed by atoms with Crippen molar-refractivity contribution < 1.29 is 14.7 Å². The number of pyridine rings is 1. The smallest absolute Gasteiger partial charge is 0.407 e. The summed E-state index contributed by atoms with van der Waals surface area (Å²) in [6, 6.07) is 12.8. The Kier molecular flexibility index (Phi) is 5.51. The highest BCUT2D eigenvalue weighted by atomic mass is 32.2. The Labute approximate surface area is 186 Å². The maximum atomic E-state index is 12.9. The van der Waals surface area contributed by atoms with Gasteiger partial charge in [-0.05, 0) is 23.6 Å². The van der Waals surface area contributed by atoms with E-state index in [0.717, 1.165) is 5.56 Å². The van der Waals surface area contributed by atoms with Gasteiger partial charge >= 0.3 is 6.09 Å². The van der Waals surface area contributed by atoms with Crippen molar-refractivity contribution in [2.75, 3.05) is 13.1 Å².